The first-order chi connectivity index (χ1) is 15.5. The number of rotatable bonds is 6. The van der Waals surface area contributed by atoms with Crippen LogP contribution in [0.5, 0.6) is 0 Å². The zero-order chi connectivity index (χ0) is 22.7. The summed E-state index contributed by atoms with van der Waals surface area (Å²) in [4.78, 5) is 37.4. The second-order valence-electron chi connectivity index (χ2n) is 7.44. The minimum absolute atomic E-state index is 0.170. The van der Waals surface area contributed by atoms with Gasteiger partial charge in [0.05, 0.1) is 16.8 Å². The Morgan fingerprint density at radius 2 is 1.59 bits per heavy atom. The molecule has 0 bridgehead atoms. The lowest BCUT2D eigenvalue weighted by Crippen LogP contribution is -2.17. The van der Waals surface area contributed by atoms with Crippen molar-refractivity contribution in [2.24, 2.45) is 0 Å². The Morgan fingerprint density at radius 3 is 2.22 bits per heavy atom. The maximum absolute atomic E-state index is 13.2. The fraction of sp³-hybridized carbons (Fsp3) is 0.167. The van der Waals surface area contributed by atoms with Crippen molar-refractivity contribution in [2.45, 2.75) is 26.8 Å². The topological polar surface area (TPSA) is 98.0 Å². The highest BCUT2D eigenvalue weighted by molar-refractivity contribution is 6.08. The molecule has 0 unspecified atom stereocenters. The maximum Gasteiger partial charge on any atom is 0.282 e. The molecule has 2 aromatic carbocycles. The molecule has 0 saturated carbocycles. The first-order valence-corrected chi connectivity index (χ1v) is 10.3. The predicted octanol–water partition coefficient (Wildman–Crippen LogP) is 3.76. The molecule has 0 spiro atoms. The van der Waals surface area contributed by atoms with E-state index < -0.39 is 0 Å². The van der Waals surface area contributed by atoms with Crippen LogP contribution in [0, 0.1) is 0 Å². The van der Waals surface area contributed by atoms with Crippen molar-refractivity contribution in [3.05, 3.63) is 82.9 Å². The van der Waals surface area contributed by atoms with Crippen LogP contribution in [0.3, 0.4) is 0 Å². The Balaban J connectivity index is 1.72. The number of carbonyl (C=O) groups excluding carboxylic acids is 2. The van der Waals surface area contributed by atoms with E-state index in [0.717, 1.165) is 6.42 Å². The fourth-order valence-electron chi connectivity index (χ4n) is 3.50. The number of carbonyl (C=O) groups is 2. The van der Waals surface area contributed by atoms with Crippen LogP contribution in [0.15, 0.2) is 71.8 Å². The summed E-state index contributed by atoms with van der Waals surface area (Å²) in [6, 6.07) is 15.9. The third kappa shape index (κ3) is 4.29. The van der Waals surface area contributed by atoms with E-state index in [1.807, 2.05) is 29.7 Å². The first kappa shape index (κ1) is 21.0. The molecule has 0 aliphatic carbocycles. The van der Waals surface area contributed by atoms with Crippen molar-refractivity contribution in [3.8, 4) is 16.9 Å². The van der Waals surface area contributed by atoms with Gasteiger partial charge in [0.15, 0.2) is 0 Å². The molecule has 2 aliphatic heterocycles. The quantitative estimate of drug-likeness (QED) is 0.488. The molecular weight excluding hydrogens is 406 g/mol. The standard InChI is InChI=1S/C24H23N5O3/c1-3-13-28-14-20(23(31)26-18-11-9-17(10-12-18)25-16(2)30)22-21(15-28)24(32)29(27-22)19-7-5-4-6-8-19/h4-12,14-15H,3,13H2,1-2H3,(H,25,30)(H,26,31). The molecule has 4 rings (SSSR count). The molecular formula is C24H23N5O3. The number of benzene rings is 2. The first-order valence-electron chi connectivity index (χ1n) is 10.3. The largest absolute Gasteiger partial charge is 0.353 e. The molecule has 162 valence electrons. The van der Waals surface area contributed by atoms with Gasteiger partial charge in [0.25, 0.3) is 11.5 Å². The van der Waals surface area contributed by atoms with E-state index in [9.17, 15) is 14.4 Å². The van der Waals surface area contributed by atoms with E-state index in [-0.39, 0.29) is 17.4 Å². The Labute approximate surface area is 184 Å². The van der Waals surface area contributed by atoms with Gasteiger partial charge < -0.3 is 15.2 Å². The Hall–Kier alpha value is -4.20. The summed E-state index contributed by atoms with van der Waals surface area (Å²) in [6.45, 7) is 4.12. The number of aryl methyl sites for hydroxylation is 1. The molecule has 0 atom stereocenters. The normalized spacial score (nSPS) is 10.8. The number of fused-ring (bicyclic) bond motifs is 1. The number of amides is 2. The Bertz CT molecular complexity index is 1290. The molecule has 32 heavy (non-hydrogen) atoms. The third-order valence-electron chi connectivity index (χ3n) is 4.91. The molecule has 0 saturated heterocycles. The summed E-state index contributed by atoms with van der Waals surface area (Å²) in [5, 5.41) is 10.0. The van der Waals surface area contributed by atoms with Gasteiger partial charge >= 0.3 is 0 Å². The van der Waals surface area contributed by atoms with Gasteiger partial charge in [-0.05, 0) is 42.8 Å². The Kier molecular flexibility index (Phi) is 5.85. The lowest BCUT2D eigenvalue weighted by Gasteiger charge is -2.12. The smallest absolute Gasteiger partial charge is 0.282 e. The van der Waals surface area contributed by atoms with E-state index in [0.29, 0.717) is 40.4 Å². The minimum atomic E-state index is -0.370. The van der Waals surface area contributed by atoms with Crippen LogP contribution in [-0.4, -0.2) is 26.2 Å². The summed E-state index contributed by atoms with van der Waals surface area (Å²) in [5.41, 5.74) is 2.60. The molecule has 2 aromatic rings. The van der Waals surface area contributed by atoms with Crippen molar-refractivity contribution < 1.29 is 9.59 Å². The predicted molar refractivity (Wildman–Crippen MR) is 123 cm³/mol. The van der Waals surface area contributed by atoms with Crippen molar-refractivity contribution in [1.29, 1.82) is 0 Å². The summed E-state index contributed by atoms with van der Waals surface area (Å²) in [5.74, 6) is -0.540. The number of hydrogen-bond donors (Lipinski definition) is 2. The van der Waals surface area contributed by atoms with Gasteiger partial charge in [0.2, 0.25) is 5.91 Å². The monoisotopic (exact) mass is 429 g/mol. The van der Waals surface area contributed by atoms with E-state index >= 15 is 0 Å². The molecule has 0 aromatic heterocycles. The maximum atomic E-state index is 13.2. The molecule has 0 fully saturated rings. The van der Waals surface area contributed by atoms with Crippen molar-refractivity contribution in [2.75, 3.05) is 10.6 Å². The molecule has 8 heteroatoms. The van der Waals surface area contributed by atoms with Crippen LogP contribution in [0.25, 0.3) is 16.9 Å². The number of para-hydroxylation sites is 1. The van der Waals surface area contributed by atoms with Gasteiger partial charge in [-0.15, -0.1) is 0 Å². The molecule has 2 aliphatic rings. The second-order valence-corrected chi connectivity index (χ2v) is 7.44. The number of aromatic nitrogens is 3. The lowest BCUT2D eigenvalue weighted by atomic mass is 10.1. The SMILES string of the molecule is CCCn1cc(C(=O)Nc2ccc(NC(C)=O)cc2)c2nn(-c3ccccc3)c(=O)c-2c1. The molecule has 2 N–H and O–H groups in total. The van der Waals surface area contributed by atoms with Crippen LogP contribution in [0.2, 0.25) is 0 Å². The molecule has 0 radical (unpaired) electrons. The van der Waals surface area contributed by atoms with Crippen LogP contribution in [-0.2, 0) is 11.3 Å². The molecule has 8 nitrogen and oxygen atoms in total. The van der Waals surface area contributed by atoms with E-state index in [4.69, 9.17) is 0 Å². The van der Waals surface area contributed by atoms with Gasteiger partial charge in [0.1, 0.15) is 5.69 Å². The van der Waals surface area contributed by atoms with Gasteiger partial charge in [0, 0.05) is 37.2 Å². The van der Waals surface area contributed by atoms with E-state index in [1.165, 1.54) is 11.6 Å². The van der Waals surface area contributed by atoms with Crippen molar-refractivity contribution >= 4 is 23.2 Å². The van der Waals surface area contributed by atoms with Crippen LogP contribution >= 0.6 is 0 Å². The number of anilines is 2. The second kappa shape index (κ2) is 8.89. The zero-order valence-corrected chi connectivity index (χ0v) is 17.8. The highest BCUT2D eigenvalue weighted by atomic mass is 16.2. The van der Waals surface area contributed by atoms with E-state index in [2.05, 4.69) is 15.7 Å². The van der Waals surface area contributed by atoms with Crippen molar-refractivity contribution in [1.82, 2.24) is 14.3 Å². The van der Waals surface area contributed by atoms with Crippen LogP contribution < -0.4 is 16.2 Å². The zero-order valence-electron chi connectivity index (χ0n) is 17.8. The van der Waals surface area contributed by atoms with Crippen LogP contribution in [0.4, 0.5) is 11.4 Å². The number of hydrogen-bond acceptors (Lipinski definition) is 4. The highest BCUT2D eigenvalue weighted by Crippen LogP contribution is 2.24. The molecule has 2 amide bonds. The number of pyridine rings is 1. The summed E-state index contributed by atoms with van der Waals surface area (Å²) in [6.07, 6.45) is 4.31. The summed E-state index contributed by atoms with van der Waals surface area (Å²) < 4.78 is 3.16. The average molecular weight is 429 g/mol. The van der Waals surface area contributed by atoms with Gasteiger partial charge in [-0.25, -0.2) is 0 Å². The van der Waals surface area contributed by atoms with Gasteiger partial charge in [-0.2, -0.15) is 9.78 Å². The average Bonchev–Trinajstić information content (AvgIpc) is 3.11. The molecule has 2 heterocycles. The highest BCUT2D eigenvalue weighted by Gasteiger charge is 2.24. The fourth-order valence-corrected chi connectivity index (χ4v) is 3.50. The van der Waals surface area contributed by atoms with Crippen LogP contribution in [0.1, 0.15) is 30.6 Å². The number of nitrogens with zero attached hydrogens (tertiary/aromatic N) is 3. The summed E-state index contributed by atoms with van der Waals surface area (Å²) in [7, 11) is 0. The summed E-state index contributed by atoms with van der Waals surface area (Å²) >= 11 is 0. The third-order valence-corrected chi connectivity index (χ3v) is 4.91. The van der Waals surface area contributed by atoms with Crippen molar-refractivity contribution in [3.63, 3.8) is 0 Å². The van der Waals surface area contributed by atoms with E-state index in [1.54, 1.807) is 48.8 Å². The lowest BCUT2D eigenvalue weighted by molar-refractivity contribution is -0.114. The number of nitrogens with one attached hydrogen (secondary N) is 2. The minimum Gasteiger partial charge on any atom is -0.353 e. The van der Waals surface area contributed by atoms with Gasteiger partial charge in [-0.3, -0.25) is 14.4 Å². The Morgan fingerprint density at radius 1 is 0.938 bits per heavy atom. The van der Waals surface area contributed by atoms with Gasteiger partial charge in [-0.1, -0.05) is 25.1 Å².